The van der Waals surface area contributed by atoms with Crippen molar-refractivity contribution in [2.45, 2.75) is 39.5 Å². The molecule has 0 radical (unpaired) electrons. The number of carbonyl (C=O) groups is 1. The van der Waals surface area contributed by atoms with Gasteiger partial charge in [-0.05, 0) is 56.2 Å². The molecule has 182 valence electrons. The number of benzene rings is 1. The first kappa shape index (κ1) is 23.3. The number of aromatic amines is 1. The van der Waals surface area contributed by atoms with Gasteiger partial charge in [0, 0.05) is 48.7 Å². The highest BCUT2D eigenvalue weighted by atomic mass is 32.1. The van der Waals surface area contributed by atoms with Crippen LogP contribution in [0.5, 0.6) is 0 Å². The number of carbonyl (C=O) groups excluding carboxylic acids is 1. The van der Waals surface area contributed by atoms with Gasteiger partial charge in [0.25, 0.3) is 11.5 Å². The van der Waals surface area contributed by atoms with Gasteiger partial charge in [-0.1, -0.05) is 6.07 Å². The number of hydrogen-bond donors (Lipinski definition) is 3. The average Bonchev–Trinajstić information content (AvgIpc) is 3.51. The average molecular weight is 495 g/mol. The molecule has 1 aromatic carbocycles. The second-order valence-electron chi connectivity index (χ2n) is 9.44. The van der Waals surface area contributed by atoms with Crippen molar-refractivity contribution < 1.29 is 14.3 Å². The topological polar surface area (TPSA) is 90.4 Å². The van der Waals surface area contributed by atoms with Crippen molar-refractivity contribution in [3.63, 3.8) is 0 Å². The number of halogens is 1. The molecular weight excluding hydrogens is 467 g/mol. The molecule has 0 bridgehead atoms. The Morgan fingerprint density at radius 3 is 2.69 bits per heavy atom. The number of aliphatic hydroxyl groups is 1. The molecule has 9 heteroatoms. The third-order valence-corrected chi connectivity index (χ3v) is 7.81. The normalized spacial score (nSPS) is 13.5. The molecule has 3 aromatic heterocycles. The number of fused-ring (bicyclic) bond motifs is 2. The summed E-state index contributed by atoms with van der Waals surface area (Å²) in [5, 5.41) is 14.2. The summed E-state index contributed by atoms with van der Waals surface area (Å²) in [6.45, 7) is 6.92. The fourth-order valence-electron chi connectivity index (χ4n) is 4.54. The largest absolute Gasteiger partial charge is 0.385 e. The number of hydrogen-bond acceptors (Lipinski definition) is 5. The lowest BCUT2D eigenvalue weighted by Gasteiger charge is -2.19. The predicted octanol–water partition coefficient (Wildman–Crippen LogP) is 4.23. The summed E-state index contributed by atoms with van der Waals surface area (Å²) < 4.78 is 15.4. The van der Waals surface area contributed by atoms with E-state index in [-0.39, 0.29) is 17.3 Å². The van der Waals surface area contributed by atoms with Crippen molar-refractivity contribution in [2.75, 3.05) is 11.4 Å². The van der Waals surface area contributed by atoms with Gasteiger partial charge in [0.2, 0.25) is 0 Å². The third kappa shape index (κ3) is 4.04. The van der Waals surface area contributed by atoms with Gasteiger partial charge in [0.1, 0.15) is 17.0 Å². The lowest BCUT2D eigenvalue weighted by atomic mass is 10.1. The number of H-pyrrole nitrogens is 1. The maximum Gasteiger partial charge on any atom is 0.274 e. The van der Waals surface area contributed by atoms with E-state index in [2.05, 4.69) is 15.2 Å². The van der Waals surface area contributed by atoms with E-state index in [9.17, 15) is 19.1 Å². The molecule has 1 aliphatic rings. The minimum absolute atomic E-state index is 0.232. The van der Waals surface area contributed by atoms with E-state index in [1.54, 1.807) is 39.2 Å². The minimum Gasteiger partial charge on any atom is -0.385 e. The number of anilines is 1. The van der Waals surface area contributed by atoms with Gasteiger partial charge in [0.05, 0.1) is 16.2 Å². The van der Waals surface area contributed by atoms with Crippen LogP contribution in [0.1, 0.15) is 47.3 Å². The highest BCUT2D eigenvalue weighted by Crippen LogP contribution is 2.46. The molecule has 5 rings (SSSR count). The van der Waals surface area contributed by atoms with E-state index in [4.69, 9.17) is 0 Å². The Morgan fingerprint density at radius 2 is 1.97 bits per heavy atom. The summed E-state index contributed by atoms with van der Waals surface area (Å²) in [7, 11) is 1.68. The van der Waals surface area contributed by atoms with Crippen molar-refractivity contribution in [1.29, 1.82) is 0 Å². The molecular formula is C26H27FN4O3S. The van der Waals surface area contributed by atoms with E-state index < -0.39 is 5.60 Å². The van der Waals surface area contributed by atoms with E-state index in [0.717, 1.165) is 32.1 Å². The Morgan fingerprint density at radius 1 is 1.23 bits per heavy atom. The molecule has 1 aliphatic heterocycles. The van der Waals surface area contributed by atoms with Crippen molar-refractivity contribution >= 4 is 33.8 Å². The fraction of sp³-hybridized carbons (Fsp3) is 0.308. The van der Waals surface area contributed by atoms with Crippen LogP contribution in [0.3, 0.4) is 0 Å². The van der Waals surface area contributed by atoms with Gasteiger partial charge in [0.15, 0.2) is 0 Å². The van der Waals surface area contributed by atoms with Crippen molar-refractivity contribution in [3.8, 4) is 10.4 Å². The monoisotopic (exact) mass is 494 g/mol. The predicted molar refractivity (Wildman–Crippen MR) is 136 cm³/mol. The highest BCUT2D eigenvalue weighted by Gasteiger charge is 2.29. The van der Waals surface area contributed by atoms with Crippen LogP contribution in [0, 0.1) is 5.82 Å². The number of nitrogens with one attached hydrogen (secondary N) is 2. The molecule has 4 aromatic rings. The molecule has 0 fully saturated rings. The SMILES string of the molecule is CCNC(=O)c1cc2c(-c3sc(C(C)(C)O)cc3N3Cc4ccc(F)cc4C3)cn(C)c(=O)c2[nH]1. The van der Waals surface area contributed by atoms with Crippen molar-refractivity contribution in [3.05, 3.63) is 74.4 Å². The Bertz CT molecular complexity index is 1530. The lowest BCUT2D eigenvalue weighted by Crippen LogP contribution is -2.23. The minimum atomic E-state index is -1.07. The lowest BCUT2D eigenvalue weighted by molar-refractivity contribution is 0.0825. The van der Waals surface area contributed by atoms with E-state index in [1.807, 2.05) is 19.1 Å². The Kier molecular flexibility index (Phi) is 5.56. The molecule has 0 saturated carbocycles. The van der Waals surface area contributed by atoms with Gasteiger partial charge in [-0.15, -0.1) is 11.3 Å². The van der Waals surface area contributed by atoms with Crippen LogP contribution in [0.25, 0.3) is 21.3 Å². The zero-order chi connectivity index (χ0) is 25.1. The van der Waals surface area contributed by atoms with Gasteiger partial charge in [-0.2, -0.15) is 0 Å². The van der Waals surface area contributed by atoms with Crippen LogP contribution in [0.15, 0.2) is 41.3 Å². The Hall–Kier alpha value is -3.43. The quantitative estimate of drug-likeness (QED) is 0.387. The number of aryl methyl sites for hydroxylation is 1. The molecule has 0 aliphatic carbocycles. The van der Waals surface area contributed by atoms with E-state index >= 15 is 0 Å². The van der Waals surface area contributed by atoms with E-state index in [0.29, 0.717) is 36.2 Å². The number of pyridine rings is 1. The zero-order valence-electron chi connectivity index (χ0n) is 20.0. The Labute approximate surface area is 205 Å². The number of nitrogens with zero attached hydrogens (tertiary/aromatic N) is 2. The Balaban J connectivity index is 1.70. The maximum atomic E-state index is 13.9. The van der Waals surface area contributed by atoms with Crippen LogP contribution in [-0.4, -0.2) is 27.1 Å². The van der Waals surface area contributed by atoms with Gasteiger partial charge >= 0.3 is 0 Å². The van der Waals surface area contributed by atoms with Crippen LogP contribution < -0.4 is 15.8 Å². The first-order valence-corrected chi connectivity index (χ1v) is 12.3. The van der Waals surface area contributed by atoms with Crippen LogP contribution >= 0.6 is 11.3 Å². The summed E-state index contributed by atoms with van der Waals surface area (Å²) in [5.41, 5.74) is 3.02. The van der Waals surface area contributed by atoms with E-state index in [1.165, 1.54) is 22.0 Å². The molecule has 0 saturated heterocycles. The molecule has 0 atom stereocenters. The molecule has 3 N–H and O–H groups in total. The van der Waals surface area contributed by atoms with Gasteiger partial charge < -0.3 is 24.9 Å². The highest BCUT2D eigenvalue weighted by molar-refractivity contribution is 7.16. The van der Waals surface area contributed by atoms with Crippen molar-refractivity contribution in [1.82, 2.24) is 14.9 Å². The van der Waals surface area contributed by atoms with Crippen LogP contribution in [0.2, 0.25) is 0 Å². The first-order valence-electron chi connectivity index (χ1n) is 11.5. The van der Waals surface area contributed by atoms with Gasteiger partial charge in [-0.25, -0.2) is 4.39 Å². The molecule has 4 heterocycles. The number of thiophene rings is 1. The van der Waals surface area contributed by atoms with Crippen LogP contribution in [0.4, 0.5) is 10.1 Å². The molecule has 0 spiro atoms. The summed E-state index contributed by atoms with van der Waals surface area (Å²) in [5.74, 6) is -0.546. The molecule has 35 heavy (non-hydrogen) atoms. The first-order chi connectivity index (χ1) is 16.6. The standard InChI is InChI=1S/C26H27FN4O3S/c1-5-28-24(32)19-9-17-18(13-30(4)25(33)22(17)29-19)23-20(10-21(35-23)26(2,3)34)31-11-14-6-7-16(27)8-15(14)12-31/h6-10,13,29,34H,5,11-12H2,1-4H3,(H,28,32). The summed E-state index contributed by atoms with van der Waals surface area (Å²) in [6.07, 6.45) is 1.77. The second kappa shape index (κ2) is 8.35. The third-order valence-electron chi connectivity index (χ3n) is 6.34. The smallest absolute Gasteiger partial charge is 0.274 e. The maximum absolute atomic E-state index is 13.9. The number of aromatic nitrogens is 2. The summed E-state index contributed by atoms with van der Waals surface area (Å²) >= 11 is 1.45. The van der Waals surface area contributed by atoms with Crippen molar-refractivity contribution in [2.24, 2.45) is 7.05 Å². The second-order valence-corrected chi connectivity index (χ2v) is 10.5. The number of rotatable bonds is 5. The molecule has 0 unspecified atom stereocenters. The van der Waals surface area contributed by atoms with Crippen LogP contribution in [-0.2, 0) is 25.7 Å². The fourth-order valence-corrected chi connectivity index (χ4v) is 5.74. The zero-order valence-corrected chi connectivity index (χ0v) is 20.8. The molecule has 7 nitrogen and oxygen atoms in total. The molecule has 1 amide bonds. The van der Waals surface area contributed by atoms with Gasteiger partial charge in [-0.3, -0.25) is 9.59 Å². The summed E-state index contributed by atoms with van der Waals surface area (Å²) in [6, 6.07) is 8.52. The number of amides is 1. The summed E-state index contributed by atoms with van der Waals surface area (Å²) in [4.78, 5) is 32.2.